The third-order valence-corrected chi connectivity index (χ3v) is 3.04. The molecule has 1 saturated carbocycles. The number of benzene rings is 1. The molecule has 0 atom stereocenters. The van der Waals surface area contributed by atoms with Crippen LogP contribution in [0.15, 0.2) is 18.2 Å². The normalized spacial score (nSPS) is 24.7. The number of nitrogens with two attached hydrogens (primary N) is 1. The van der Waals surface area contributed by atoms with Gasteiger partial charge in [-0.3, -0.25) is 0 Å². The second kappa shape index (κ2) is 4.29. The highest BCUT2D eigenvalue weighted by Crippen LogP contribution is 2.29. The first kappa shape index (κ1) is 10.6. The first-order valence-corrected chi connectivity index (χ1v) is 5.50. The minimum Gasteiger partial charge on any atom is -0.397 e. The molecule has 4 heteroatoms. The van der Waals surface area contributed by atoms with Crippen LogP contribution >= 0.6 is 11.6 Å². The summed E-state index contributed by atoms with van der Waals surface area (Å²) in [5.41, 5.74) is 7.38. The molecule has 0 aliphatic heterocycles. The lowest BCUT2D eigenvalue weighted by atomic mass is 9.82. The summed E-state index contributed by atoms with van der Waals surface area (Å²) in [5, 5.41) is 13.1. The van der Waals surface area contributed by atoms with E-state index in [1.807, 2.05) is 12.1 Å². The van der Waals surface area contributed by atoms with Crippen LogP contribution in [0.1, 0.15) is 12.8 Å². The van der Waals surface area contributed by atoms with Crippen LogP contribution in [-0.2, 0) is 0 Å². The van der Waals surface area contributed by atoms with E-state index in [0.29, 0.717) is 16.6 Å². The summed E-state index contributed by atoms with van der Waals surface area (Å²) < 4.78 is 0. The molecule has 0 aromatic heterocycles. The molecular formula is C11H15ClN2O. The smallest absolute Gasteiger partial charge is 0.0575 e. The monoisotopic (exact) mass is 226 g/mol. The highest BCUT2D eigenvalue weighted by atomic mass is 35.5. The first-order valence-electron chi connectivity index (χ1n) is 5.12. The Hall–Kier alpha value is -0.930. The van der Waals surface area contributed by atoms with Gasteiger partial charge in [0, 0.05) is 11.6 Å². The molecule has 82 valence electrons. The van der Waals surface area contributed by atoms with Crippen molar-refractivity contribution in [2.75, 3.05) is 17.6 Å². The quantitative estimate of drug-likeness (QED) is 0.692. The van der Waals surface area contributed by atoms with E-state index >= 15 is 0 Å². The molecule has 0 heterocycles. The summed E-state index contributed by atoms with van der Waals surface area (Å²) in [6.45, 7) is 0.864. The molecule has 2 rings (SSSR count). The molecule has 3 nitrogen and oxygen atoms in total. The van der Waals surface area contributed by atoms with E-state index in [1.54, 1.807) is 6.07 Å². The predicted octanol–water partition coefficient (Wildman–Crippen LogP) is 2.10. The van der Waals surface area contributed by atoms with Crippen LogP contribution in [0.5, 0.6) is 0 Å². The maximum Gasteiger partial charge on any atom is 0.0575 e. The fourth-order valence-electron chi connectivity index (χ4n) is 1.82. The third-order valence-electron chi connectivity index (χ3n) is 2.81. The van der Waals surface area contributed by atoms with E-state index in [-0.39, 0.29) is 6.10 Å². The average molecular weight is 227 g/mol. The zero-order valence-electron chi connectivity index (χ0n) is 8.41. The van der Waals surface area contributed by atoms with Crippen molar-refractivity contribution in [3.8, 4) is 0 Å². The van der Waals surface area contributed by atoms with Gasteiger partial charge in [0.15, 0.2) is 0 Å². The Morgan fingerprint density at radius 1 is 1.47 bits per heavy atom. The first-order chi connectivity index (χ1) is 7.15. The van der Waals surface area contributed by atoms with E-state index in [4.69, 9.17) is 22.4 Å². The molecular weight excluding hydrogens is 212 g/mol. The summed E-state index contributed by atoms with van der Waals surface area (Å²) in [7, 11) is 0. The SMILES string of the molecule is Nc1cc(Cl)ccc1NCC1CC(O)C1. The van der Waals surface area contributed by atoms with Gasteiger partial charge in [0.2, 0.25) is 0 Å². The second-order valence-corrected chi connectivity index (χ2v) is 4.54. The van der Waals surface area contributed by atoms with Crippen molar-refractivity contribution in [3.63, 3.8) is 0 Å². The fraction of sp³-hybridized carbons (Fsp3) is 0.455. The number of hydrogen-bond donors (Lipinski definition) is 3. The number of rotatable bonds is 3. The molecule has 4 N–H and O–H groups in total. The minimum atomic E-state index is -0.0978. The summed E-state index contributed by atoms with van der Waals surface area (Å²) in [5.74, 6) is 0.565. The number of anilines is 2. The lowest BCUT2D eigenvalue weighted by Crippen LogP contribution is -2.33. The minimum absolute atomic E-state index is 0.0978. The molecule has 0 amide bonds. The van der Waals surface area contributed by atoms with Gasteiger partial charge >= 0.3 is 0 Å². The maximum atomic E-state index is 9.14. The van der Waals surface area contributed by atoms with Crippen molar-refractivity contribution in [1.82, 2.24) is 0 Å². The fourth-order valence-corrected chi connectivity index (χ4v) is 2.00. The Balaban J connectivity index is 1.88. The van der Waals surface area contributed by atoms with E-state index in [1.165, 1.54) is 0 Å². The van der Waals surface area contributed by atoms with Crippen LogP contribution in [0, 0.1) is 5.92 Å². The van der Waals surface area contributed by atoms with Crippen LogP contribution in [0.25, 0.3) is 0 Å². The topological polar surface area (TPSA) is 58.3 Å². The Morgan fingerprint density at radius 2 is 2.20 bits per heavy atom. The van der Waals surface area contributed by atoms with Gasteiger partial charge in [0.1, 0.15) is 0 Å². The van der Waals surface area contributed by atoms with E-state index in [0.717, 1.165) is 25.1 Å². The standard InChI is InChI=1S/C11H15ClN2O/c12-8-1-2-11(10(13)5-8)14-6-7-3-9(15)4-7/h1-2,5,7,9,14-15H,3-4,6,13H2. The molecule has 0 radical (unpaired) electrons. The van der Waals surface area contributed by atoms with Crippen molar-refractivity contribution in [1.29, 1.82) is 0 Å². The van der Waals surface area contributed by atoms with Gasteiger partial charge in [-0.1, -0.05) is 11.6 Å². The van der Waals surface area contributed by atoms with Crippen LogP contribution in [0.2, 0.25) is 5.02 Å². The largest absolute Gasteiger partial charge is 0.397 e. The molecule has 0 bridgehead atoms. The Labute approximate surface area is 94.2 Å². The van der Waals surface area contributed by atoms with Crippen LogP contribution in [0.3, 0.4) is 0 Å². The van der Waals surface area contributed by atoms with Crippen molar-refractivity contribution in [2.24, 2.45) is 5.92 Å². The van der Waals surface area contributed by atoms with Crippen molar-refractivity contribution in [3.05, 3.63) is 23.2 Å². The number of halogens is 1. The van der Waals surface area contributed by atoms with E-state index in [9.17, 15) is 0 Å². The van der Waals surface area contributed by atoms with Crippen molar-refractivity contribution >= 4 is 23.0 Å². The Kier molecular flexibility index (Phi) is 3.03. The number of nitrogens with one attached hydrogen (secondary N) is 1. The molecule has 0 saturated heterocycles. The second-order valence-electron chi connectivity index (χ2n) is 4.10. The van der Waals surface area contributed by atoms with Crippen molar-refractivity contribution < 1.29 is 5.11 Å². The number of hydrogen-bond acceptors (Lipinski definition) is 3. The lowest BCUT2D eigenvalue weighted by molar-refractivity contribution is 0.0487. The summed E-state index contributed by atoms with van der Waals surface area (Å²) >= 11 is 5.80. The van der Waals surface area contributed by atoms with Crippen molar-refractivity contribution in [2.45, 2.75) is 18.9 Å². The van der Waals surface area contributed by atoms with Crippen LogP contribution in [-0.4, -0.2) is 17.8 Å². The molecule has 0 spiro atoms. The zero-order chi connectivity index (χ0) is 10.8. The summed E-state index contributed by atoms with van der Waals surface area (Å²) in [6, 6.07) is 5.43. The highest BCUT2D eigenvalue weighted by molar-refractivity contribution is 6.31. The highest BCUT2D eigenvalue weighted by Gasteiger charge is 2.26. The van der Waals surface area contributed by atoms with Gasteiger partial charge in [0.25, 0.3) is 0 Å². The van der Waals surface area contributed by atoms with E-state index in [2.05, 4.69) is 5.32 Å². The molecule has 1 fully saturated rings. The molecule has 15 heavy (non-hydrogen) atoms. The Morgan fingerprint density at radius 3 is 2.80 bits per heavy atom. The van der Waals surface area contributed by atoms with Gasteiger partial charge in [0.05, 0.1) is 17.5 Å². The van der Waals surface area contributed by atoms with Gasteiger partial charge in [-0.05, 0) is 37.0 Å². The molecule has 1 aromatic carbocycles. The van der Waals surface area contributed by atoms with Gasteiger partial charge in [-0.25, -0.2) is 0 Å². The third kappa shape index (κ3) is 2.55. The summed E-state index contributed by atoms with van der Waals surface area (Å²) in [4.78, 5) is 0. The van der Waals surface area contributed by atoms with Crippen LogP contribution < -0.4 is 11.1 Å². The van der Waals surface area contributed by atoms with E-state index < -0.39 is 0 Å². The number of nitrogen functional groups attached to an aromatic ring is 1. The maximum absolute atomic E-state index is 9.14. The Bertz CT molecular complexity index is 350. The molecule has 0 unspecified atom stereocenters. The lowest BCUT2D eigenvalue weighted by Gasteiger charge is -2.31. The summed E-state index contributed by atoms with van der Waals surface area (Å²) in [6.07, 6.45) is 1.68. The van der Waals surface area contributed by atoms with Gasteiger partial charge in [-0.2, -0.15) is 0 Å². The zero-order valence-corrected chi connectivity index (χ0v) is 9.17. The predicted molar refractivity (Wildman–Crippen MR) is 63.1 cm³/mol. The molecule has 1 aliphatic carbocycles. The molecule has 1 aliphatic rings. The average Bonchev–Trinajstić information content (AvgIpc) is 2.13. The number of aliphatic hydroxyl groups is 1. The molecule has 1 aromatic rings. The van der Waals surface area contributed by atoms with Gasteiger partial charge < -0.3 is 16.2 Å². The number of aliphatic hydroxyl groups excluding tert-OH is 1. The van der Waals surface area contributed by atoms with Gasteiger partial charge in [-0.15, -0.1) is 0 Å². The van der Waals surface area contributed by atoms with Crippen LogP contribution in [0.4, 0.5) is 11.4 Å².